The first kappa shape index (κ1) is 8.97. The van der Waals surface area contributed by atoms with Crippen LogP contribution in [0.2, 0.25) is 0 Å². The lowest BCUT2D eigenvalue weighted by molar-refractivity contribution is 0.141. The van der Waals surface area contributed by atoms with Gasteiger partial charge in [-0.1, -0.05) is 0 Å². The van der Waals surface area contributed by atoms with Gasteiger partial charge in [0.2, 0.25) is 0 Å². The SMILES string of the molecule is OC1CN(c2ccc(OC3CC3)cn2)C1. The van der Waals surface area contributed by atoms with Crippen LogP contribution in [-0.2, 0) is 0 Å². The molecular weight excluding hydrogens is 192 g/mol. The van der Waals surface area contributed by atoms with Gasteiger partial charge < -0.3 is 14.7 Å². The average molecular weight is 206 g/mol. The van der Waals surface area contributed by atoms with Crippen molar-refractivity contribution in [2.45, 2.75) is 25.0 Å². The molecule has 3 rings (SSSR count). The summed E-state index contributed by atoms with van der Waals surface area (Å²) in [6.07, 6.45) is 4.33. The number of anilines is 1. The van der Waals surface area contributed by atoms with Crippen LogP contribution in [0.3, 0.4) is 0 Å². The molecule has 0 aromatic carbocycles. The van der Waals surface area contributed by atoms with Gasteiger partial charge in [-0.15, -0.1) is 0 Å². The molecule has 4 nitrogen and oxygen atoms in total. The molecule has 4 heteroatoms. The highest BCUT2D eigenvalue weighted by molar-refractivity contribution is 5.43. The molecule has 0 spiro atoms. The summed E-state index contributed by atoms with van der Waals surface area (Å²) in [4.78, 5) is 6.35. The third-order valence-electron chi connectivity index (χ3n) is 2.73. The zero-order valence-electron chi connectivity index (χ0n) is 8.47. The van der Waals surface area contributed by atoms with Crippen molar-refractivity contribution < 1.29 is 9.84 Å². The van der Waals surface area contributed by atoms with Gasteiger partial charge in [-0.2, -0.15) is 0 Å². The number of aromatic nitrogens is 1. The Balaban J connectivity index is 1.64. The minimum atomic E-state index is -0.186. The van der Waals surface area contributed by atoms with Crippen LogP contribution in [0, 0.1) is 0 Å². The van der Waals surface area contributed by atoms with E-state index in [1.165, 1.54) is 12.8 Å². The molecule has 1 saturated heterocycles. The van der Waals surface area contributed by atoms with Gasteiger partial charge in [0.1, 0.15) is 11.6 Å². The Morgan fingerprint density at radius 2 is 2.13 bits per heavy atom. The summed E-state index contributed by atoms with van der Waals surface area (Å²) in [5.74, 6) is 1.77. The van der Waals surface area contributed by atoms with Gasteiger partial charge in [-0.05, 0) is 25.0 Å². The first-order valence-electron chi connectivity index (χ1n) is 5.37. The normalized spacial score (nSPS) is 21.3. The Bertz CT molecular complexity index is 342. The Morgan fingerprint density at radius 1 is 1.33 bits per heavy atom. The second-order valence-electron chi connectivity index (χ2n) is 4.23. The summed E-state index contributed by atoms with van der Waals surface area (Å²) < 4.78 is 5.60. The van der Waals surface area contributed by atoms with Crippen molar-refractivity contribution in [3.63, 3.8) is 0 Å². The summed E-state index contributed by atoms with van der Waals surface area (Å²) in [7, 11) is 0. The molecule has 0 atom stereocenters. The number of ether oxygens (including phenoxy) is 1. The van der Waals surface area contributed by atoms with Crippen LogP contribution < -0.4 is 9.64 Å². The van der Waals surface area contributed by atoms with Gasteiger partial charge in [-0.3, -0.25) is 0 Å². The molecule has 2 heterocycles. The molecule has 1 aromatic rings. The molecule has 1 N–H and O–H groups in total. The second kappa shape index (κ2) is 3.38. The lowest BCUT2D eigenvalue weighted by atomic mass is 10.2. The largest absolute Gasteiger partial charge is 0.489 e. The predicted molar refractivity (Wildman–Crippen MR) is 56.1 cm³/mol. The molecule has 0 radical (unpaired) electrons. The lowest BCUT2D eigenvalue weighted by Crippen LogP contribution is -2.51. The van der Waals surface area contributed by atoms with Crippen molar-refractivity contribution in [1.29, 1.82) is 0 Å². The van der Waals surface area contributed by atoms with Gasteiger partial charge in [-0.25, -0.2) is 4.98 Å². The fourth-order valence-electron chi connectivity index (χ4n) is 1.65. The van der Waals surface area contributed by atoms with E-state index in [0.717, 1.165) is 11.6 Å². The van der Waals surface area contributed by atoms with Crippen LogP contribution in [0.25, 0.3) is 0 Å². The molecule has 0 amide bonds. The standard InChI is InChI=1S/C11H14N2O2/c14-8-6-13(7-8)11-4-3-10(5-12-11)15-9-1-2-9/h3-5,8-9,14H,1-2,6-7H2. The monoisotopic (exact) mass is 206 g/mol. The molecule has 15 heavy (non-hydrogen) atoms. The number of rotatable bonds is 3. The molecule has 1 aliphatic heterocycles. The average Bonchev–Trinajstić information content (AvgIpc) is 2.99. The molecule has 0 unspecified atom stereocenters. The van der Waals surface area contributed by atoms with Gasteiger partial charge in [0.15, 0.2) is 0 Å². The molecule has 0 bridgehead atoms. The third kappa shape index (κ3) is 1.90. The number of nitrogens with zero attached hydrogens (tertiary/aromatic N) is 2. The van der Waals surface area contributed by atoms with Crippen molar-refractivity contribution in [3.8, 4) is 5.75 Å². The number of aliphatic hydroxyl groups is 1. The van der Waals surface area contributed by atoms with E-state index in [0.29, 0.717) is 19.2 Å². The summed E-state index contributed by atoms with van der Waals surface area (Å²) in [5, 5.41) is 9.17. The predicted octanol–water partition coefficient (Wildman–Crippen LogP) is 0.804. The van der Waals surface area contributed by atoms with Gasteiger partial charge >= 0.3 is 0 Å². The summed E-state index contributed by atoms with van der Waals surface area (Å²) in [6, 6.07) is 3.90. The first-order valence-corrected chi connectivity index (χ1v) is 5.37. The third-order valence-corrected chi connectivity index (χ3v) is 2.73. The highest BCUT2D eigenvalue weighted by Gasteiger charge is 2.26. The smallest absolute Gasteiger partial charge is 0.138 e. The second-order valence-corrected chi connectivity index (χ2v) is 4.23. The molecule has 1 aromatic heterocycles. The highest BCUT2D eigenvalue weighted by Crippen LogP contribution is 2.27. The van der Waals surface area contributed by atoms with Gasteiger partial charge in [0, 0.05) is 13.1 Å². The molecular formula is C11H14N2O2. The van der Waals surface area contributed by atoms with Crippen LogP contribution in [-0.4, -0.2) is 35.4 Å². The molecule has 1 saturated carbocycles. The van der Waals surface area contributed by atoms with E-state index in [2.05, 4.69) is 4.98 Å². The minimum Gasteiger partial charge on any atom is -0.489 e. The van der Waals surface area contributed by atoms with E-state index in [9.17, 15) is 0 Å². The van der Waals surface area contributed by atoms with Crippen LogP contribution in [0.15, 0.2) is 18.3 Å². The molecule has 2 fully saturated rings. The minimum absolute atomic E-state index is 0.186. The lowest BCUT2D eigenvalue weighted by Gasteiger charge is -2.36. The maximum atomic E-state index is 9.17. The zero-order chi connectivity index (χ0) is 10.3. The molecule has 1 aliphatic carbocycles. The molecule has 80 valence electrons. The van der Waals surface area contributed by atoms with Crippen LogP contribution in [0.4, 0.5) is 5.82 Å². The van der Waals surface area contributed by atoms with Crippen LogP contribution in [0.5, 0.6) is 5.75 Å². The summed E-state index contributed by atoms with van der Waals surface area (Å²) in [6.45, 7) is 1.38. The number of β-amino-alcohol motifs (C(OH)–C–C–N with tert-alkyl or cyclic N) is 1. The summed E-state index contributed by atoms with van der Waals surface area (Å²) >= 11 is 0. The number of pyridine rings is 1. The maximum absolute atomic E-state index is 9.17. The maximum Gasteiger partial charge on any atom is 0.138 e. The van der Waals surface area contributed by atoms with Crippen molar-refractivity contribution in [1.82, 2.24) is 4.98 Å². The van der Waals surface area contributed by atoms with Gasteiger partial charge in [0.05, 0.1) is 18.4 Å². The number of aliphatic hydroxyl groups excluding tert-OH is 1. The van der Waals surface area contributed by atoms with E-state index in [4.69, 9.17) is 9.84 Å². The fraction of sp³-hybridized carbons (Fsp3) is 0.545. The Kier molecular flexibility index (Phi) is 2.02. The summed E-state index contributed by atoms with van der Waals surface area (Å²) in [5.41, 5.74) is 0. The van der Waals surface area contributed by atoms with E-state index in [1.807, 2.05) is 17.0 Å². The Hall–Kier alpha value is -1.29. The highest BCUT2D eigenvalue weighted by atomic mass is 16.5. The zero-order valence-corrected chi connectivity index (χ0v) is 8.47. The van der Waals surface area contributed by atoms with Crippen LogP contribution >= 0.6 is 0 Å². The van der Waals surface area contributed by atoms with Gasteiger partial charge in [0.25, 0.3) is 0 Å². The van der Waals surface area contributed by atoms with Crippen molar-refractivity contribution >= 4 is 5.82 Å². The first-order chi connectivity index (χ1) is 7.31. The topological polar surface area (TPSA) is 45.6 Å². The fourth-order valence-corrected chi connectivity index (χ4v) is 1.65. The Morgan fingerprint density at radius 3 is 2.67 bits per heavy atom. The van der Waals surface area contributed by atoms with E-state index in [1.54, 1.807) is 6.20 Å². The van der Waals surface area contributed by atoms with Crippen molar-refractivity contribution in [3.05, 3.63) is 18.3 Å². The quantitative estimate of drug-likeness (QED) is 0.794. The van der Waals surface area contributed by atoms with E-state index < -0.39 is 0 Å². The number of hydrogen-bond acceptors (Lipinski definition) is 4. The van der Waals surface area contributed by atoms with E-state index in [-0.39, 0.29) is 6.10 Å². The van der Waals surface area contributed by atoms with Crippen molar-refractivity contribution in [2.75, 3.05) is 18.0 Å². The van der Waals surface area contributed by atoms with Crippen LogP contribution in [0.1, 0.15) is 12.8 Å². The van der Waals surface area contributed by atoms with Crippen molar-refractivity contribution in [2.24, 2.45) is 0 Å². The Labute approximate surface area is 88.5 Å². The van der Waals surface area contributed by atoms with E-state index >= 15 is 0 Å². The molecule has 2 aliphatic rings. The number of hydrogen-bond donors (Lipinski definition) is 1.